The lowest BCUT2D eigenvalue weighted by atomic mass is 10.1. The van der Waals surface area contributed by atoms with Gasteiger partial charge in [-0.15, -0.1) is 0 Å². The molecule has 0 bridgehead atoms. The zero-order chi connectivity index (χ0) is 12.4. The molecule has 0 unspecified atom stereocenters. The lowest BCUT2D eigenvalue weighted by Gasteiger charge is -2.14. The van der Waals surface area contributed by atoms with Crippen molar-refractivity contribution < 1.29 is 4.79 Å². The molecule has 2 rings (SSSR count). The molecule has 4 nitrogen and oxygen atoms in total. The van der Waals surface area contributed by atoms with Crippen molar-refractivity contribution in [1.29, 1.82) is 0 Å². The topological polar surface area (TPSA) is 45.2 Å². The van der Waals surface area contributed by atoms with Crippen molar-refractivity contribution in [3.63, 3.8) is 0 Å². The maximum atomic E-state index is 11.6. The van der Waals surface area contributed by atoms with E-state index >= 15 is 0 Å². The molecular weight excluding hydrogens is 238 g/mol. The van der Waals surface area contributed by atoms with Crippen LogP contribution in [0.3, 0.4) is 0 Å². The molecule has 2 aromatic rings. The van der Waals surface area contributed by atoms with Gasteiger partial charge < -0.3 is 10.2 Å². The average Bonchev–Trinajstić information content (AvgIpc) is 2.28. The molecule has 1 aromatic carbocycles. The third kappa shape index (κ3) is 2.47. The van der Waals surface area contributed by atoms with E-state index in [1.54, 1.807) is 32.6 Å². The molecule has 0 saturated carbocycles. The Balaban J connectivity index is 2.49. The van der Waals surface area contributed by atoms with Gasteiger partial charge in [-0.2, -0.15) is 0 Å². The van der Waals surface area contributed by atoms with Gasteiger partial charge in [-0.3, -0.25) is 4.98 Å². The number of hydrogen-bond donors (Lipinski definition) is 1. The minimum Gasteiger partial charge on any atom is -0.331 e. The molecule has 0 saturated heterocycles. The van der Waals surface area contributed by atoms with Gasteiger partial charge >= 0.3 is 6.03 Å². The predicted molar refractivity (Wildman–Crippen MR) is 69.5 cm³/mol. The highest BCUT2D eigenvalue weighted by molar-refractivity contribution is 6.32. The smallest absolute Gasteiger partial charge is 0.321 e. The van der Waals surface area contributed by atoms with Crippen LogP contribution in [0.2, 0.25) is 5.02 Å². The first kappa shape index (κ1) is 11.7. The number of carbonyl (C=O) groups is 1. The normalized spacial score (nSPS) is 10.3. The summed E-state index contributed by atoms with van der Waals surface area (Å²) in [6.45, 7) is 0. The molecule has 1 N–H and O–H groups in total. The standard InChI is InChI=1S/C12H12ClN3O/c1-16(2)12(17)15-11-6-9(13)5-8-7-14-4-3-10(8)11/h3-7H,1-2H3,(H,15,17). The van der Waals surface area contributed by atoms with E-state index in [0.29, 0.717) is 10.7 Å². The van der Waals surface area contributed by atoms with Crippen molar-refractivity contribution in [2.24, 2.45) is 0 Å². The summed E-state index contributed by atoms with van der Waals surface area (Å²) in [7, 11) is 3.37. The number of carbonyl (C=O) groups excluding carboxylic acids is 1. The lowest BCUT2D eigenvalue weighted by molar-refractivity contribution is 0.231. The number of hydrogen-bond acceptors (Lipinski definition) is 2. The molecule has 1 heterocycles. The maximum Gasteiger partial charge on any atom is 0.321 e. The van der Waals surface area contributed by atoms with E-state index in [0.717, 1.165) is 10.8 Å². The Kier molecular flexibility index (Phi) is 3.15. The van der Waals surface area contributed by atoms with Crippen LogP contribution in [0.5, 0.6) is 0 Å². The SMILES string of the molecule is CN(C)C(=O)Nc1cc(Cl)cc2cnccc12. The van der Waals surface area contributed by atoms with Gasteiger partial charge in [0.25, 0.3) is 0 Å². The summed E-state index contributed by atoms with van der Waals surface area (Å²) >= 11 is 5.99. The number of aromatic nitrogens is 1. The van der Waals surface area contributed by atoms with Crippen LogP contribution in [0, 0.1) is 0 Å². The molecule has 2 amide bonds. The van der Waals surface area contributed by atoms with Gasteiger partial charge in [0.1, 0.15) is 0 Å². The van der Waals surface area contributed by atoms with Crippen LogP contribution in [0.1, 0.15) is 0 Å². The number of halogens is 1. The van der Waals surface area contributed by atoms with Crippen molar-refractivity contribution in [2.75, 3.05) is 19.4 Å². The minimum atomic E-state index is -0.189. The number of nitrogens with one attached hydrogen (secondary N) is 1. The first-order valence-electron chi connectivity index (χ1n) is 5.09. The molecule has 5 heteroatoms. The number of anilines is 1. The van der Waals surface area contributed by atoms with Crippen molar-refractivity contribution in [3.8, 4) is 0 Å². The van der Waals surface area contributed by atoms with E-state index in [1.807, 2.05) is 12.1 Å². The van der Waals surface area contributed by atoms with Crippen LogP contribution in [0.4, 0.5) is 10.5 Å². The molecule has 0 radical (unpaired) electrons. The molecule has 1 aromatic heterocycles. The molecule has 0 spiro atoms. The molecule has 17 heavy (non-hydrogen) atoms. The fourth-order valence-corrected chi connectivity index (χ4v) is 1.73. The quantitative estimate of drug-likeness (QED) is 0.845. The van der Waals surface area contributed by atoms with Crippen molar-refractivity contribution in [3.05, 3.63) is 35.6 Å². The Morgan fingerprint density at radius 3 is 2.88 bits per heavy atom. The Morgan fingerprint density at radius 2 is 2.18 bits per heavy atom. The number of rotatable bonds is 1. The second-order valence-corrected chi connectivity index (χ2v) is 4.31. The summed E-state index contributed by atoms with van der Waals surface area (Å²) in [5.74, 6) is 0. The first-order valence-corrected chi connectivity index (χ1v) is 5.47. The number of amides is 2. The fraction of sp³-hybridized carbons (Fsp3) is 0.167. The van der Waals surface area contributed by atoms with Gasteiger partial charge in [0.15, 0.2) is 0 Å². The average molecular weight is 250 g/mol. The number of benzene rings is 1. The number of pyridine rings is 1. The third-order valence-corrected chi connectivity index (χ3v) is 2.58. The Bertz CT molecular complexity index is 569. The zero-order valence-corrected chi connectivity index (χ0v) is 10.3. The van der Waals surface area contributed by atoms with E-state index < -0.39 is 0 Å². The van der Waals surface area contributed by atoms with Crippen molar-refractivity contribution in [1.82, 2.24) is 9.88 Å². The van der Waals surface area contributed by atoms with Crippen LogP contribution in [0.25, 0.3) is 10.8 Å². The molecule has 88 valence electrons. The summed E-state index contributed by atoms with van der Waals surface area (Å²) < 4.78 is 0. The number of urea groups is 1. The lowest BCUT2D eigenvalue weighted by Crippen LogP contribution is -2.27. The van der Waals surface area contributed by atoms with E-state index in [4.69, 9.17) is 11.6 Å². The van der Waals surface area contributed by atoms with Gasteiger partial charge in [0.2, 0.25) is 0 Å². The monoisotopic (exact) mass is 249 g/mol. The zero-order valence-electron chi connectivity index (χ0n) is 9.57. The predicted octanol–water partition coefficient (Wildman–Crippen LogP) is 2.98. The van der Waals surface area contributed by atoms with E-state index in [2.05, 4.69) is 10.3 Å². The van der Waals surface area contributed by atoms with Crippen molar-refractivity contribution in [2.45, 2.75) is 0 Å². The second-order valence-electron chi connectivity index (χ2n) is 3.87. The van der Waals surface area contributed by atoms with E-state index in [9.17, 15) is 4.79 Å². The molecule has 0 atom stereocenters. The van der Waals surface area contributed by atoms with Crippen LogP contribution in [-0.2, 0) is 0 Å². The summed E-state index contributed by atoms with van der Waals surface area (Å²) in [4.78, 5) is 17.1. The van der Waals surface area contributed by atoms with Crippen molar-refractivity contribution >= 4 is 34.1 Å². The first-order chi connectivity index (χ1) is 8.08. The highest BCUT2D eigenvalue weighted by Crippen LogP contribution is 2.27. The molecule has 0 aliphatic rings. The molecular formula is C12H12ClN3O. The molecule has 0 aliphatic carbocycles. The minimum absolute atomic E-state index is 0.189. The number of fused-ring (bicyclic) bond motifs is 1. The van der Waals surface area contributed by atoms with Crippen LogP contribution in [0.15, 0.2) is 30.6 Å². The highest BCUT2D eigenvalue weighted by Gasteiger charge is 2.08. The Hall–Kier alpha value is -1.81. The van der Waals surface area contributed by atoms with Crippen LogP contribution >= 0.6 is 11.6 Å². The maximum absolute atomic E-state index is 11.6. The van der Waals surface area contributed by atoms with Crippen LogP contribution in [-0.4, -0.2) is 30.0 Å². The van der Waals surface area contributed by atoms with Gasteiger partial charge in [-0.25, -0.2) is 4.79 Å². The van der Waals surface area contributed by atoms with E-state index in [1.165, 1.54) is 4.90 Å². The van der Waals surface area contributed by atoms with Gasteiger partial charge in [0.05, 0.1) is 5.69 Å². The second kappa shape index (κ2) is 4.59. The Morgan fingerprint density at radius 1 is 1.41 bits per heavy atom. The summed E-state index contributed by atoms with van der Waals surface area (Å²) in [6.07, 6.45) is 3.40. The molecule has 0 aliphatic heterocycles. The third-order valence-electron chi connectivity index (χ3n) is 2.37. The van der Waals surface area contributed by atoms with Gasteiger partial charge in [-0.05, 0) is 18.2 Å². The number of nitrogens with zero attached hydrogens (tertiary/aromatic N) is 2. The highest BCUT2D eigenvalue weighted by atomic mass is 35.5. The Labute approximate surface area is 104 Å². The van der Waals surface area contributed by atoms with Crippen LogP contribution < -0.4 is 5.32 Å². The summed E-state index contributed by atoms with van der Waals surface area (Å²) in [5.41, 5.74) is 0.689. The van der Waals surface area contributed by atoms with Gasteiger partial charge in [0, 0.05) is 42.3 Å². The van der Waals surface area contributed by atoms with E-state index in [-0.39, 0.29) is 6.03 Å². The van der Waals surface area contributed by atoms with Gasteiger partial charge in [-0.1, -0.05) is 11.6 Å². The fourth-order valence-electron chi connectivity index (χ4n) is 1.50. The molecule has 0 fully saturated rings. The largest absolute Gasteiger partial charge is 0.331 e. The summed E-state index contributed by atoms with van der Waals surface area (Å²) in [6, 6.07) is 5.20. The summed E-state index contributed by atoms with van der Waals surface area (Å²) in [5, 5.41) is 5.18.